The second-order valence-corrected chi connectivity index (χ2v) is 12.4. The highest BCUT2D eigenvalue weighted by Crippen LogP contribution is 2.38. The summed E-state index contributed by atoms with van der Waals surface area (Å²) in [6.45, 7) is 1.99. The number of rotatable bonds is 15. The van der Waals surface area contributed by atoms with Crippen molar-refractivity contribution >= 4 is 11.8 Å². The minimum atomic E-state index is -0.537. The number of likely N-dealkylation sites (N-methyl/N-ethyl adjacent to an activating group) is 1. The van der Waals surface area contributed by atoms with Gasteiger partial charge in [-0.25, -0.2) is 5.48 Å². The Hall–Kier alpha value is -4.38. The number of aliphatic hydroxyl groups is 1. The molecule has 4 N–H and O–H groups in total. The van der Waals surface area contributed by atoms with Gasteiger partial charge in [-0.1, -0.05) is 97.1 Å². The number of hydrogen-bond acceptors (Lipinski definition) is 7. The molecule has 1 aliphatic rings. The van der Waals surface area contributed by atoms with Crippen LogP contribution in [0.4, 0.5) is 0 Å². The number of hydroxylamine groups is 1. The number of unbranched alkanes of at least 4 members (excludes halogenated alkanes) is 1. The van der Waals surface area contributed by atoms with E-state index in [1.165, 1.54) is 5.56 Å². The van der Waals surface area contributed by atoms with E-state index in [0.29, 0.717) is 25.8 Å². The summed E-state index contributed by atoms with van der Waals surface area (Å²) < 4.78 is 13.1. The summed E-state index contributed by atoms with van der Waals surface area (Å²) in [7, 11) is 2.11. The Balaban J connectivity index is 1.23. The summed E-state index contributed by atoms with van der Waals surface area (Å²) in [4.78, 5) is 25.7. The topological polar surface area (TPSA) is 120 Å². The number of ether oxygens (including phenoxy) is 2. The summed E-state index contributed by atoms with van der Waals surface area (Å²) >= 11 is 0. The molecular formula is C39H45N3O6. The summed E-state index contributed by atoms with van der Waals surface area (Å²) in [5.74, 6) is -0.520. The predicted octanol–water partition coefficient (Wildman–Crippen LogP) is 6.21. The molecule has 0 unspecified atom stereocenters. The first-order valence-electron chi connectivity index (χ1n) is 16.5. The molecule has 0 saturated carbocycles. The molecule has 1 heterocycles. The Kier molecular flexibility index (Phi) is 12.9. The largest absolute Gasteiger partial charge is 0.392 e. The highest BCUT2D eigenvalue weighted by atomic mass is 16.7. The molecule has 3 atom stereocenters. The molecule has 4 aromatic rings. The van der Waals surface area contributed by atoms with Gasteiger partial charge in [0, 0.05) is 44.5 Å². The monoisotopic (exact) mass is 651 g/mol. The second-order valence-electron chi connectivity index (χ2n) is 12.4. The normalized spacial score (nSPS) is 17.6. The van der Waals surface area contributed by atoms with Crippen LogP contribution in [0.3, 0.4) is 0 Å². The van der Waals surface area contributed by atoms with Crippen molar-refractivity contribution in [3.63, 3.8) is 0 Å². The quantitative estimate of drug-likeness (QED) is 0.0686. The first kappa shape index (κ1) is 34.9. The average molecular weight is 652 g/mol. The molecule has 1 saturated heterocycles. The zero-order valence-corrected chi connectivity index (χ0v) is 27.4. The number of nitrogens with one attached hydrogen (secondary N) is 2. The highest BCUT2D eigenvalue weighted by Gasteiger charge is 2.32. The van der Waals surface area contributed by atoms with Gasteiger partial charge in [0.05, 0.1) is 18.8 Å². The molecule has 1 fully saturated rings. The third kappa shape index (κ3) is 10.3. The first-order chi connectivity index (χ1) is 23.4. The number of aliphatic hydroxyl groups excluding tert-OH is 1. The summed E-state index contributed by atoms with van der Waals surface area (Å²) in [5, 5.41) is 21.0. The Morgan fingerprint density at radius 2 is 1.46 bits per heavy atom. The molecule has 0 aliphatic carbocycles. The van der Waals surface area contributed by atoms with Gasteiger partial charge in [-0.3, -0.25) is 19.7 Å². The fourth-order valence-electron chi connectivity index (χ4n) is 5.95. The van der Waals surface area contributed by atoms with Crippen molar-refractivity contribution in [2.24, 2.45) is 0 Å². The maximum atomic E-state index is 12.3. The number of nitrogens with zero attached hydrogens (tertiary/aromatic N) is 1. The predicted molar refractivity (Wildman–Crippen MR) is 183 cm³/mol. The van der Waals surface area contributed by atoms with E-state index >= 15 is 0 Å². The van der Waals surface area contributed by atoms with E-state index in [1.54, 1.807) is 5.48 Å². The molecule has 9 nitrogen and oxygen atoms in total. The number of carbonyl (C=O) groups excluding carboxylic acids is 2. The molecule has 4 aromatic carbocycles. The van der Waals surface area contributed by atoms with E-state index in [9.17, 15) is 14.7 Å². The van der Waals surface area contributed by atoms with E-state index in [4.69, 9.17) is 14.7 Å². The fourth-order valence-corrected chi connectivity index (χ4v) is 5.95. The third-order valence-corrected chi connectivity index (χ3v) is 8.54. The van der Waals surface area contributed by atoms with Crippen molar-refractivity contribution < 1.29 is 29.4 Å². The molecular weight excluding hydrogens is 606 g/mol. The van der Waals surface area contributed by atoms with E-state index < -0.39 is 12.2 Å². The number of amides is 2. The zero-order chi connectivity index (χ0) is 33.7. The Morgan fingerprint density at radius 1 is 0.771 bits per heavy atom. The molecule has 9 heteroatoms. The third-order valence-electron chi connectivity index (χ3n) is 8.54. The second kappa shape index (κ2) is 17.7. The molecule has 0 spiro atoms. The van der Waals surface area contributed by atoms with Gasteiger partial charge in [-0.05, 0) is 59.3 Å². The van der Waals surface area contributed by atoms with E-state index in [2.05, 4.69) is 59.7 Å². The molecule has 252 valence electrons. The number of carbonyl (C=O) groups is 2. The van der Waals surface area contributed by atoms with Crippen molar-refractivity contribution in [3.8, 4) is 11.1 Å². The Bertz CT molecular complexity index is 1600. The number of hydrogen-bond donors (Lipinski definition) is 4. The summed E-state index contributed by atoms with van der Waals surface area (Å²) in [6.07, 6.45) is 1.60. The number of benzene rings is 4. The van der Waals surface area contributed by atoms with Crippen molar-refractivity contribution in [1.82, 2.24) is 15.7 Å². The van der Waals surface area contributed by atoms with Gasteiger partial charge in [0.25, 0.3) is 0 Å². The maximum absolute atomic E-state index is 12.3. The Labute approximate surface area is 282 Å². The van der Waals surface area contributed by atoms with Gasteiger partial charge in [0.1, 0.15) is 0 Å². The van der Waals surface area contributed by atoms with Gasteiger partial charge < -0.3 is 19.9 Å². The van der Waals surface area contributed by atoms with Crippen molar-refractivity contribution in [2.45, 2.75) is 70.3 Å². The molecule has 48 heavy (non-hydrogen) atoms. The highest BCUT2D eigenvalue weighted by molar-refractivity contribution is 5.76. The van der Waals surface area contributed by atoms with Crippen LogP contribution in [-0.4, -0.2) is 46.7 Å². The lowest BCUT2D eigenvalue weighted by Crippen LogP contribution is -2.37. The average Bonchev–Trinajstić information content (AvgIpc) is 3.13. The molecule has 0 aromatic heterocycles. The SMILES string of the molecule is CN(Cc1ccccc1)C[C@H]1C[C@@H](c2ccc(CO)cc2)O[C@@H](c2ccc(-c3cccc(CNC(=O)CCCCC(=O)NO)c3)cc2)O1. The van der Waals surface area contributed by atoms with Gasteiger partial charge in [-0.15, -0.1) is 0 Å². The van der Waals surface area contributed by atoms with Crippen LogP contribution in [0, 0.1) is 0 Å². The molecule has 1 aliphatic heterocycles. The van der Waals surface area contributed by atoms with Gasteiger partial charge >= 0.3 is 0 Å². The minimum Gasteiger partial charge on any atom is -0.392 e. The van der Waals surface area contributed by atoms with E-state index in [0.717, 1.165) is 52.9 Å². The van der Waals surface area contributed by atoms with Crippen LogP contribution in [0.25, 0.3) is 11.1 Å². The smallest absolute Gasteiger partial charge is 0.243 e. The van der Waals surface area contributed by atoms with Crippen molar-refractivity contribution in [1.29, 1.82) is 0 Å². The van der Waals surface area contributed by atoms with Crippen molar-refractivity contribution in [2.75, 3.05) is 13.6 Å². The van der Waals surface area contributed by atoms with Crippen LogP contribution in [0.2, 0.25) is 0 Å². The fraction of sp³-hybridized carbons (Fsp3) is 0.333. The molecule has 5 rings (SSSR count). The van der Waals surface area contributed by atoms with Gasteiger partial charge in [0.15, 0.2) is 6.29 Å². The summed E-state index contributed by atoms with van der Waals surface area (Å²) in [5.41, 5.74) is 8.79. The van der Waals surface area contributed by atoms with Crippen LogP contribution in [0.1, 0.15) is 72.3 Å². The minimum absolute atomic E-state index is 0.00336. The lowest BCUT2D eigenvalue weighted by molar-refractivity contribution is -0.252. The molecule has 0 bridgehead atoms. The lowest BCUT2D eigenvalue weighted by Gasteiger charge is -2.38. The maximum Gasteiger partial charge on any atom is 0.243 e. The Morgan fingerprint density at radius 3 is 2.17 bits per heavy atom. The van der Waals surface area contributed by atoms with E-state index in [1.807, 2.05) is 60.7 Å². The van der Waals surface area contributed by atoms with Crippen LogP contribution in [0.5, 0.6) is 0 Å². The van der Waals surface area contributed by atoms with Gasteiger partial charge in [0.2, 0.25) is 11.8 Å². The molecule has 2 amide bonds. The van der Waals surface area contributed by atoms with Crippen LogP contribution in [0.15, 0.2) is 103 Å². The van der Waals surface area contributed by atoms with Crippen LogP contribution >= 0.6 is 0 Å². The summed E-state index contributed by atoms with van der Waals surface area (Å²) in [6, 6.07) is 34.7. The van der Waals surface area contributed by atoms with Crippen LogP contribution in [-0.2, 0) is 38.8 Å². The lowest BCUT2D eigenvalue weighted by atomic mass is 9.99. The van der Waals surface area contributed by atoms with Gasteiger partial charge in [-0.2, -0.15) is 0 Å². The molecule has 0 radical (unpaired) electrons. The van der Waals surface area contributed by atoms with Crippen LogP contribution < -0.4 is 10.8 Å². The van der Waals surface area contributed by atoms with Crippen molar-refractivity contribution in [3.05, 3.63) is 131 Å². The zero-order valence-electron chi connectivity index (χ0n) is 27.4. The first-order valence-corrected chi connectivity index (χ1v) is 16.5. The standard InChI is InChI=1S/C39H45N3O6/c1-42(25-28-8-3-2-4-9-28)26-35-23-36(32-16-14-29(27-43)15-17-32)48-39(47-35)33-20-18-31(19-21-33)34-11-7-10-30(22-34)24-40-37(44)12-5-6-13-38(45)41-46/h2-4,7-11,14-22,35-36,39,43,46H,5-6,12-13,23-27H2,1H3,(H,40,44)(H,41,45)/t35-,36+,39+/m1/s1. The van der Waals surface area contributed by atoms with E-state index in [-0.39, 0.29) is 31.1 Å².